The molecule has 0 atom stereocenters. The van der Waals surface area contributed by atoms with Crippen LogP contribution in [0.1, 0.15) is 17.3 Å². The molecule has 28 heavy (non-hydrogen) atoms. The normalized spacial score (nSPS) is 11.8. The maximum Gasteiger partial charge on any atom is 0.338 e. The van der Waals surface area contributed by atoms with Crippen molar-refractivity contribution in [1.82, 2.24) is 15.2 Å². The lowest BCUT2D eigenvalue weighted by molar-refractivity contribution is 0.0526. The van der Waals surface area contributed by atoms with E-state index in [-0.39, 0.29) is 12.8 Å². The van der Waals surface area contributed by atoms with E-state index < -0.39 is 0 Å². The molecular formula is C19H17N5O4. The van der Waals surface area contributed by atoms with Gasteiger partial charge in [0, 0.05) is 17.4 Å². The van der Waals surface area contributed by atoms with Crippen LogP contribution in [0.25, 0.3) is 0 Å². The minimum atomic E-state index is -0.354. The van der Waals surface area contributed by atoms with Crippen LogP contribution in [0.4, 0.5) is 23.1 Å². The lowest BCUT2D eigenvalue weighted by atomic mass is 10.2. The number of fused-ring (bicyclic) bond motifs is 1. The van der Waals surface area contributed by atoms with E-state index >= 15 is 0 Å². The van der Waals surface area contributed by atoms with Crippen molar-refractivity contribution in [2.24, 2.45) is 0 Å². The number of anilines is 4. The van der Waals surface area contributed by atoms with E-state index in [2.05, 4.69) is 25.8 Å². The van der Waals surface area contributed by atoms with Crippen LogP contribution in [-0.4, -0.2) is 34.6 Å². The lowest BCUT2D eigenvalue weighted by Crippen LogP contribution is -2.05. The molecule has 4 rings (SSSR count). The quantitative estimate of drug-likeness (QED) is 0.624. The van der Waals surface area contributed by atoms with Crippen molar-refractivity contribution in [3.63, 3.8) is 0 Å². The summed E-state index contributed by atoms with van der Waals surface area (Å²) in [4.78, 5) is 16.1. The molecular weight excluding hydrogens is 362 g/mol. The number of esters is 1. The molecule has 0 saturated carbocycles. The van der Waals surface area contributed by atoms with Crippen molar-refractivity contribution in [3.05, 3.63) is 54.2 Å². The first-order valence-electron chi connectivity index (χ1n) is 8.62. The summed E-state index contributed by atoms with van der Waals surface area (Å²) in [7, 11) is 0. The number of nitrogens with zero attached hydrogens (tertiary/aromatic N) is 3. The summed E-state index contributed by atoms with van der Waals surface area (Å²) in [6.45, 7) is 2.32. The van der Waals surface area contributed by atoms with E-state index in [1.807, 2.05) is 12.1 Å². The zero-order valence-corrected chi connectivity index (χ0v) is 15.0. The fraction of sp³-hybridized carbons (Fsp3) is 0.158. The van der Waals surface area contributed by atoms with Crippen molar-refractivity contribution in [1.29, 1.82) is 0 Å². The molecule has 9 heteroatoms. The smallest absolute Gasteiger partial charge is 0.338 e. The van der Waals surface area contributed by atoms with Gasteiger partial charge in [-0.05, 0) is 43.3 Å². The summed E-state index contributed by atoms with van der Waals surface area (Å²) in [5.41, 5.74) is 1.99. The average Bonchev–Trinajstić information content (AvgIpc) is 3.17. The first kappa shape index (κ1) is 17.5. The summed E-state index contributed by atoms with van der Waals surface area (Å²) in [6.07, 6.45) is 1.50. The van der Waals surface area contributed by atoms with E-state index in [9.17, 15) is 4.79 Å². The van der Waals surface area contributed by atoms with Gasteiger partial charge in [-0.2, -0.15) is 10.1 Å². The summed E-state index contributed by atoms with van der Waals surface area (Å²) >= 11 is 0. The third-order valence-corrected chi connectivity index (χ3v) is 3.86. The Morgan fingerprint density at radius 1 is 1.07 bits per heavy atom. The SMILES string of the molecule is CCOC(=O)c1ccc(Nc2cnnc(Nc3ccc4c(c3)OCO4)n2)cc1. The molecule has 1 aliphatic rings. The van der Waals surface area contributed by atoms with Crippen LogP contribution in [0.2, 0.25) is 0 Å². The predicted octanol–water partition coefficient (Wildman–Crippen LogP) is 3.26. The number of hydrogen-bond acceptors (Lipinski definition) is 9. The maximum atomic E-state index is 11.7. The summed E-state index contributed by atoms with van der Waals surface area (Å²) in [5.74, 6) is 1.84. The fourth-order valence-corrected chi connectivity index (χ4v) is 2.57. The molecule has 0 saturated heterocycles. The Morgan fingerprint density at radius 3 is 2.68 bits per heavy atom. The second-order valence-corrected chi connectivity index (χ2v) is 5.78. The summed E-state index contributed by atoms with van der Waals surface area (Å²) < 4.78 is 15.6. The van der Waals surface area contributed by atoms with Crippen LogP contribution in [0.5, 0.6) is 11.5 Å². The van der Waals surface area contributed by atoms with E-state index in [4.69, 9.17) is 14.2 Å². The lowest BCUT2D eigenvalue weighted by Gasteiger charge is -2.09. The van der Waals surface area contributed by atoms with Crippen LogP contribution >= 0.6 is 0 Å². The van der Waals surface area contributed by atoms with Crippen LogP contribution in [0.3, 0.4) is 0 Å². The predicted molar refractivity (Wildman–Crippen MR) is 101 cm³/mol. The van der Waals surface area contributed by atoms with Crippen molar-refractivity contribution < 1.29 is 19.0 Å². The minimum absolute atomic E-state index is 0.213. The number of nitrogens with one attached hydrogen (secondary N) is 2. The molecule has 2 heterocycles. The number of hydrogen-bond donors (Lipinski definition) is 2. The molecule has 142 valence electrons. The zero-order chi connectivity index (χ0) is 19.3. The van der Waals surface area contributed by atoms with Crippen molar-refractivity contribution in [3.8, 4) is 11.5 Å². The van der Waals surface area contributed by atoms with Gasteiger partial charge in [0.1, 0.15) is 0 Å². The first-order chi connectivity index (χ1) is 13.7. The van der Waals surface area contributed by atoms with Gasteiger partial charge in [0.25, 0.3) is 0 Å². The molecule has 0 amide bonds. The molecule has 1 aliphatic heterocycles. The van der Waals surface area contributed by atoms with Crippen molar-refractivity contribution in [2.75, 3.05) is 24.0 Å². The van der Waals surface area contributed by atoms with Crippen LogP contribution < -0.4 is 20.1 Å². The van der Waals surface area contributed by atoms with Crippen LogP contribution in [0.15, 0.2) is 48.7 Å². The zero-order valence-electron chi connectivity index (χ0n) is 15.0. The monoisotopic (exact) mass is 379 g/mol. The second kappa shape index (κ2) is 7.78. The molecule has 0 radical (unpaired) electrons. The van der Waals surface area contributed by atoms with Crippen LogP contribution in [0, 0.1) is 0 Å². The van der Waals surface area contributed by atoms with E-state index in [1.165, 1.54) is 6.20 Å². The van der Waals surface area contributed by atoms with E-state index in [0.29, 0.717) is 35.4 Å². The number of benzene rings is 2. The average molecular weight is 379 g/mol. The Labute approximate surface area is 160 Å². The van der Waals surface area contributed by atoms with Crippen molar-refractivity contribution in [2.45, 2.75) is 6.92 Å². The Balaban J connectivity index is 1.44. The number of rotatable bonds is 6. The van der Waals surface area contributed by atoms with Gasteiger partial charge in [0.15, 0.2) is 17.3 Å². The van der Waals surface area contributed by atoms with Gasteiger partial charge in [-0.3, -0.25) is 0 Å². The van der Waals surface area contributed by atoms with E-state index in [0.717, 1.165) is 11.4 Å². The molecule has 0 aliphatic carbocycles. The van der Waals surface area contributed by atoms with E-state index in [1.54, 1.807) is 37.3 Å². The first-order valence-corrected chi connectivity index (χ1v) is 8.62. The molecule has 2 N–H and O–H groups in total. The highest BCUT2D eigenvalue weighted by molar-refractivity contribution is 5.89. The molecule has 3 aromatic rings. The third-order valence-electron chi connectivity index (χ3n) is 3.86. The summed E-state index contributed by atoms with van der Waals surface area (Å²) in [6, 6.07) is 12.3. The molecule has 9 nitrogen and oxygen atoms in total. The molecule has 0 unspecified atom stereocenters. The third kappa shape index (κ3) is 3.93. The molecule has 0 spiro atoms. The number of ether oxygens (including phenoxy) is 3. The molecule has 1 aromatic heterocycles. The van der Waals surface area contributed by atoms with Gasteiger partial charge in [0.05, 0.1) is 18.4 Å². The van der Waals surface area contributed by atoms with Gasteiger partial charge in [-0.1, -0.05) is 0 Å². The van der Waals surface area contributed by atoms with Gasteiger partial charge in [-0.25, -0.2) is 4.79 Å². The molecule has 2 aromatic carbocycles. The highest BCUT2D eigenvalue weighted by atomic mass is 16.7. The highest BCUT2D eigenvalue weighted by Gasteiger charge is 2.14. The standard InChI is InChI=1S/C19H17N5O4/c1-2-26-18(25)12-3-5-13(6-4-12)21-17-10-20-24-19(23-17)22-14-7-8-15-16(9-14)28-11-27-15/h3-10H,2,11H2,1H3,(H2,21,22,23,24). The Bertz CT molecular complexity index is 994. The number of carbonyl (C=O) groups excluding carboxylic acids is 1. The van der Waals surface area contributed by atoms with Gasteiger partial charge in [-0.15, -0.1) is 5.10 Å². The number of carbonyl (C=O) groups is 1. The van der Waals surface area contributed by atoms with Crippen LogP contribution in [-0.2, 0) is 4.74 Å². The fourth-order valence-electron chi connectivity index (χ4n) is 2.57. The minimum Gasteiger partial charge on any atom is -0.462 e. The van der Waals surface area contributed by atoms with Gasteiger partial charge >= 0.3 is 5.97 Å². The summed E-state index contributed by atoms with van der Waals surface area (Å²) in [5, 5.41) is 14.1. The highest BCUT2D eigenvalue weighted by Crippen LogP contribution is 2.34. The maximum absolute atomic E-state index is 11.7. The second-order valence-electron chi connectivity index (χ2n) is 5.78. The Morgan fingerprint density at radius 2 is 1.86 bits per heavy atom. The van der Waals surface area contributed by atoms with Gasteiger partial charge < -0.3 is 24.8 Å². The van der Waals surface area contributed by atoms with Crippen molar-refractivity contribution >= 4 is 29.1 Å². The Kier molecular flexibility index (Phi) is 4.87. The van der Waals surface area contributed by atoms with Gasteiger partial charge in [0.2, 0.25) is 12.7 Å². The Hall–Kier alpha value is -3.88. The number of aromatic nitrogens is 3. The molecule has 0 fully saturated rings. The molecule has 0 bridgehead atoms. The topological polar surface area (TPSA) is 107 Å². The largest absolute Gasteiger partial charge is 0.462 e.